The molecule has 2 heterocycles. The lowest BCUT2D eigenvalue weighted by atomic mass is 10.0. The average molecular weight is 608 g/mol. The number of nitrogens with two attached hydrogens (primary N) is 2. The maximum absolute atomic E-state index is 14.8. The van der Waals surface area contributed by atoms with E-state index in [4.69, 9.17) is 16.2 Å². The first-order valence-electron chi connectivity index (χ1n) is 14.0. The number of carbonyl (C=O) groups is 2. The van der Waals surface area contributed by atoms with E-state index in [9.17, 15) is 18.4 Å². The Morgan fingerprint density at radius 2 is 1.93 bits per heavy atom. The predicted octanol–water partition coefficient (Wildman–Crippen LogP) is 2.93. The Kier molecular flexibility index (Phi) is 10.8. The number of aromatic nitrogens is 3. The van der Waals surface area contributed by atoms with Crippen molar-refractivity contribution in [1.82, 2.24) is 25.0 Å². The van der Waals surface area contributed by atoms with E-state index in [-0.39, 0.29) is 36.2 Å². The molecule has 0 bridgehead atoms. The van der Waals surface area contributed by atoms with Crippen LogP contribution in [-0.4, -0.2) is 65.3 Å². The maximum atomic E-state index is 14.8. The summed E-state index contributed by atoms with van der Waals surface area (Å²) in [7, 11) is 1.27. The first-order chi connectivity index (χ1) is 21.3. The monoisotopic (exact) mass is 607 g/mol. The lowest BCUT2D eigenvalue weighted by Gasteiger charge is -2.14. The molecule has 232 valence electrons. The highest BCUT2D eigenvalue weighted by atomic mass is 19.2. The van der Waals surface area contributed by atoms with E-state index in [1.54, 1.807) is 22.7 Å². The zero-order valence-electron chi connectivity index (χ0n) is 24.4. The number of hydrogen-bond donors (Lipinski definition) is 5. The molecule has 2 aromatic carbocycles. The molecule has 4 rings (SSSR count). The first kappa shape index (κ1) is 31.8. The van der Waals surface area contributed by atoms with Crippen molar-refractivity contribution in [2.75, 3.05) is 32.1 Å². The van der Waals surface area contributed by atoms with E-state index in [2.05, 4.69) is 30.9 Å². The molecular weight excluding hydrogens is 572 g/mol. The normalized spacial score (nSPS) is 11.9. The zero-order chi connectivity index (χ0) is 31.6. The Bertz CT molecular complexity index is 1660. The van der Waals surface area contributed by atoms with Crippen LogP contribution < -0.4 is 32.2 Å². The van der Waals surface area contributed by atoms with Gasteiger partial charge in [0, 0.05) is 48.8 Å². The molecule has 44 heavy (non-hydrogen) atoms. The maximum Gasteiger partial charge on any atom is 0.251 e. The van der Waals surface area contributed by atoms with E-state index in [0.29, 0.717) is 54.2 Å². The topological polar surface area (TPSA) is 174 Å². The predicted molar refractivity (Wildman–Crippen MR) is 164 cm³/mol. The average Bonchev–Trinajstić information content (AvgIpc) is 3.47. The van der Waals surface area contributed by atoms with Crippen LogP contribution in [-0.2, 0) is 11.2 Å². The van der Waals surface area contributed by atoms with Gasteiger partial charge >= 0.3 is 0 Å². The molecule has 12 nitrogen and oxygen atoms in total. The molecule has 1 atom stereocenters. The van der Waals surface area contributed by atoms with Gasteiger partial charge in [0.25, 0.3) is 5.91 Å². The van der Waals surface area contributed by atoms with Gasteiger partial charge in [-0.05, 0) is 55.2 Å². The minimum absolute atomic E-state index is 0.0209. The summed E-state index contributed by atoms with van der Waals surface area (Å²) in [5.41, 5.74) is 13.8. The highest BCUT2D eigenvalue weighted by molar-refractivity contribution is 5.96. The molecule has 0 saturated heterocycles. The van der Waals surface area contributed by atoms with Crippen LogP contribution in [0.3, 0.4) is 0 Å². The number of amides is 2. The van der Waals surface area contributed by atoms with Crippen LogP contribution in [0.25, 0.3) is 16.9 Å². The van der Waals surface area contributed by atoms with Crippen LogP contribution in [0.4, 0.5) is 20.3 Å². The Morgan fingerprint density at radius 3 is 2.68 bits per heavy atom. The third-order valence-electron chi connectivity index (χ3n) is 6.92. The van der Waals surface area contributed by atoms with Gasteiger partial charge in [-0.1, -0.05) is 6.92 Å². The number of nitrogens with one attached hydrogen (secondary N) is 3. The van der Waals surface area contributed by atoms with Gasteiger partial charge in [-0.15, -0.1) is 0 Å². The van der Waals surface area contributed by atoms with Gasteiger partial charge in [-0.3, -0.25) is 19.0 Å². The molecule has 0 saturated carbocycles. The summed E-state index contributed by atoms with van der Waals surface area (Å²) >= 11 is 0. The number of aliphatic imine (C=N–C) groups is 1. The fraction of sp³-hybridized carbons (Fsp3) is 0.300. The number of imidazole rings is 1. The number of benzene rings is 2. The number of methoxy groups -OCH3 is 1. The van der Waals surface area contributed by atoms with Crippen LogP contribution in [0, 0.1) is 11.6 Å². The summed E-state index contributed by atoms with van der Waals surface area (Å²) < 4.78 is 35.7. The molecule has 7 N–H and O–H groups in total. The first-order valence-corrected chi connectivity index (χ1v) is 14.0. The SMILES string of the molecule is CCc1cc(Nc2nccn3c(-c4ccc(OC)c(F)c4F)cnc23)ccc1C(=O)NCCNC(=O)[C@H](N)CCCN=CN. The summed E-state index contributed by atoms with van der Waals surface area (Å²) in [6.07, 6.45) is 7.46. The summed E-state index contributed by atoms with van der Waals surface area (Å²) in [6.45, 7) is 2.89. The fourth-order valence-electron chi connectivity index (χ4n) is 4.61. The fourth-order valence-corrected chi connectivity index (χ4v) is 4.61. The Labute approximate surface area is 252 Å². The summed E-state index contributed by atoms with van der Waals surface area (Å²) in [6, 6.07) is 7.38. The minimum Gasteiger partial charge on any atom is -0.494 e. The van der Waals surface area contributed by atoms with Crippen molar-refractivity contribution < 1.29 is 23.1 Å². The molecule has 0 fully saturated rings. The van der Waals surface area contributed by atoms with Gasteiger partial charge in [-0.25, -0.2) is 14.4 Å². The van der Waals surface area contributed by atoms with Crippen LogP contribution in [0.5, 0.6) is 5.75 Å². The van der Waals surface area contributed by atoms with Crippen molar-refractivity contribution in [3.63, 3.8) is 0 Å². The van der Waals surface area contributed by atoms with Crippen LogP contribution >= 0.6 is 0 Å². The van der Waals surface area contributed by atoms with Gasteiger partial charge in [0.15, 0.2) is 23.0 Å². The van der Waals surface area contributed by atoms with E-state index >= 15 is 0 Å². The molecule has 2 amide bonds. The number of anilines is 2. The quantitative estimate of drug-likeness (QED) is 0.0826. The second kappa shape index (κ2) is 14.9. The van der Waals surface area contributed by atoms with Crippen LogP contribution in [0.2, 0.25) is 0 Å². The molecule has 0 aliphatic carbocycles. The number of aryl methyl sites for hydroxylation is 1. The Balaban J connectivity index is 1.40. The van der Waals surface area contributed by atoms with Gasteiger partial charge in [0.1, 0.15) is 0 Å². The number of ether oxygens (including phenoxy) is 1. The van der Waals surface area contributed by atoms with Gasteiger partial charge < -0.3 is 32.2 Å². The van der Waals surface area contributed by atoms with Gasteiger partial charge in [0.2, 0.25) is 11.7 Å². The smallest absolute Gasteiger partial charge is 0.251 e. The van der Waals surface area contributed by atoms with Crippen molar-refractivity contribution in [1.29, 1.82) is 0 Å². The second-order valence-corrected chi connectivity index (χ2v) is 9.76. The molecule has 0 spiro atoms. The van der Waals surface area contributed by atoms with E-state index < -0.39 is 17.7 Å². The molecule has 2 aromatic heterocycles. The van der Waals surface area contributed by atoms with E-state index in [0.717, 1.165) is 5.56 Å². The summed E-state index contributed by atoms with van der Waals surface area (Å²) in [5.74, 6) is -2.52. The largest absolute Gasteiger partial charge is 0.494 e. The number of fused-ring (bicyclic) bond motifs is 1. The lowest BCUT2D eigenvalue weighted by Crippen LogP contribution is -2.43. The van der Waals surface area contributed by atoms with Crippen molar-refractivity contribution in [2.24, 2.45) is 16.5 Å². The van der Waals surface area contributed by atoms with Crippen molar-refractivity contribution in [3.05, 3.63) is 71.7 Å². The summed E-state index contributed by atoms with van der Waals surface area (Å²) in [5, 5.41) is 8.74. The molecule has 4 aromatic rings. The highest BCUT2D eigenvalue weighted by Gasteiger charge is 2.20. The minimum atomic E-state index is -1.08. The van der Waals surface area contributed by atoms with Gasteiger partial charge in [-0.2, -0.15) is 4.39 Å². The van der Waals surface area contributed by atoms with E-state index in [1.807, 2.05) is 13.0 Å². The van der Waals surface area contributed by atoms with Crippen molar-refractivity contribution >= 4 is 35.3 Å². The third kappa shape index (κ3) is 7.26. The molecule has 0 radical (unpaired) electrons. The lowest BCUT2D eigenvalue weighted by molar-refractivity contribution is -0.122. The number of rotatable bonds is 14. The molecule has 0 aliphatic heterocycles. The van der Waals surface area contributed by atoms with Crippen molar-refractivity contribution in [2.45, 2.75) is 32.2 Å². The molecular formula is C30H35F2N9O3. The third-order valence-corrected chi connectivity index (χ3v) is 6.92. The highest BCUT2D eigenvalue weighted by Crippen LogP contribution is 2.31. The number of carbonyl (C=O) groups excluding carboxylic acids is 2. The Morgan fingerprint density at radius 1 is 1.14 bits per heavy atom. The van der Waals surface area contributed by atoms with Crippen molar-refractivity contribution in [3.8, 4) is 17.0 Å². The second-order valence-electron chi connectivity index (χ2n) is 9.76. The standard InChI is InChI=1S/C30H35F2N9O3/c1-3-18-15-19(6-7-20(18)29(42)37-11-12-38-30(43)22(34)5-4-10-35-17-33)40-27-28-39-16-23(41(28)14-13-36-27)21-8-9-24(44-2)26(32)25(21)31/h6-9,13-17,22H,3-5,10-12,34H2,1-2H3,(H2,33,35)(H,36,40)(H,37,42)(H,38,43)/t22-/m1/s1. The van der Waals surface area contributed by atoms with Crippen LogP contribution in [0.15, 0.2) is 53.9 Å². The molecule has 14 heteroatoms. The molecule has 0 unspecified atom stereocenters. The van der Waals surface area contributed by atoms with Crippen LogP contribution in [0.1, 0.15) is 35.7 Å². The zero-order valence-corrected chi connectivity index (χ0v) is 24.4. The van der Waals surface area contributed by atoms with E-state index in [1.165, 1.54) is 38.0 Å². The molecule has 0 aliphatic rings. The number of nitrogens with zero attached hydrogens (tertiary/aromatic N) is 4. The number of halogens is 2. The Hall–Kier alpha value is -5.11. The summed E-state index contributed by atoms with van der Waals surface area (Å²) in [4.78, 5) is 37.7. The number of hydrogen-bond acceptors (Lipinski definition) is 8. The van der Waals surface area contributed by atoms with Gasteiger partial charge in [0.05, 0.1) is 31.4 Å².